The van der Waals surface area contributed by atoms with E-state index in [1.54, 1.807) is 24.3 Å². The summed E-state index contributed by atoms with van der Waals surface area (Å²) in [5.41, 5.74) is 6.14. The van der Waals surface area contributed by atoms with Gasteiger partial charge in [0.05, 0.1) is 4.91 Å². The molecule has 1 heterocycles. The minimum atomic E-state index is -0.339. The Bertz CT molecular complexity index is 526. The molecule has 0 fully saturated rings. The molecule has 0 saturated heterocycles. The lowest BCUT2D eigenvalue weighted by Crippen LogP contribution is -2.01. The van der Waals surface area contributed by atoms with E-state index < -0.39 is 0 Å². The quantitative estimate of drug-likeness (QED) is 0.800. The molecule has 1 amide bonds. The van der Waals surface area contributed by atoms with Crippen LogP contribution in [-0.2, 0) is 4.79 Å². The van der Waals surface area contributed by atoms with Crippen molar-refractivity contribution >= 4 is 52.1 Å². The number of carbonyl (C=O) groups excluding carboxylic acids is 1. The van der Waals surface area contributed by atoms with Crippen LogP contribution in [0.15, 0.2) is 28.1 Å². The molecule has 0 unspecified atom stereocenters. The van der Waals surface area contributed by atoms with E-state index >= 15 is 0 Å². The average molecular weight is 273 g/mol. The molecule has 82 valence electrons. The van der Waals surface area contributed by atoms with Gasteiger partial charge < -0.3 is 5.73 Å². The van der Waals surface area contributed by atoms with Gasteiger partial charge in [0.2, 0.25) is 0 Å². The Balaban J connectivity index is 2.34. The predicted octanol–water partition coefficient (Wildman–Crippen LogP) is 2.92. The van der Waals surface area contributed by atoms with E-state index in [2.05, 4.69) is 4.99 Å². The number of aliphatic imine (C=N–C) groups is 1. The molecule has 3 nitrogen and oxygen atoms in total. The third kappa shape index (κ3) is 2.40. The predicted molar refractivity (Wildman–Crippen MR) is 68.7 cm³/mol. The zero-order valence-corrected chi connectivity index (χ0v) is 10.2. The number of thioether (sulfide) groups is 1. The molecule has 1 aliphatic rings. The molecule has 2 N–H and O–H groups in total. The van der Waals surface area contributed by atoms with E-state index in [0.717, 1.165) is 11.8 Å². The minimum absolute atomic E-state index is 0.251. The van der Waals surface area contributed by atoms with E-state index in [9.17, 15) is 4.79 Å². The molecule has 0 saturated carbocycles. The smallest absolute Gasteiger partial charge is 0.286 e. The second-order valence-corrected chi connectivity index (χ2v) is 4.94. The van der Waals surface area contributed by atoms with E-state index in [4.69, 9.17) is 28.9 Å². The van der Waals surface area contributed by atoms with Crippen LogP contribution >= 0.6 is 35.0 Å². The van der Waals surface area contributed by atoms with Gasteiger partial charge >= 0.3 is 0 Å². The Labute approximate surface area is 106 Å². The van der Waals surface area contributed by atoms with Crippen LogP contribution in [0.25, 0.3) is 6.08 Å². The van der Waals surface area contributed by atoms with Crippen LogP contribution in [0.2, 0.25) is 10.0 Å². The van der Waals surface area contributed by atoms with Gasteiger partial charge in [-0.05, 0) is 35.5 Å². The van der Waals surface area contributed by atoms with Crippen molar-refractivity contribution in [2.45, 2.75) is 0 Å². The number of nitrogens with zero attached hydrogens (tertiary/aromatic N) is 1. The molecule has 16 heavy (non-hydrogen) atoms. The minimum Gasteiger partial charge on any atom is -0.378 e. The Morgan fingerprint density at radius 2 is 2.12 bits per heavy atom. The lowest BCUT2D eigenvalue weighted by atomic mass is 10.2. The van der Waals surface area contributed by atoms with Crippen LogP contribution in [0.3, 0.4) is 0 Å². The van der Waals surface area contributed by atoms with Crippen molar-refractivity contribution < 1.29 is 4.79 Å². The molecular weight excluding hydrogens is 267 g/mol. The fraction of sp³-hybridized carbons (Fsp3) is 0. The van der Waals surface area contributed by atoms with Crippen LogP contribution in [0.1, 0.15) is 5.56 Å². The summed E-state index contributed by atoms with van der Waals surface area (Å²) in [7, 11) is 0. The third-order valence-corrected chi connectivity index (χ3v) is 3.26. The molecule has 1 aliphatic heterocycles. The Kier molecular flexibility index (Phi) is 3.23. The first-order chi connectivity index (χ1) is 7.56. The fourth-order valence-electron chi connectivity index (χ4n) is 1.19. The van der Waals surface area contributed by atoms with Crippen molar-refractivity contribution in [2.24, 2.45) is 10.7 Å². The summed E-state index contributed by atoms with van der Waals surface area (Å²) < 4.78 is 0. The highest BCUT2D eigenvalue weighted by Gasteiger charge is 2.19. The van der Waals surface area contributed by atoms with Crippen LogP contribution < -0.4 is 5.73 Å². The molecule has 0 atom stereocenters. The molecular formula is C10H6Cl2N2OS. The van der Waals surface area contributed by atoms with Gasteiger partial charge in [-0.2, -0.15) is 4.99 Å². The molecule has 0 bridgehead atoms. The molecule has 2 rings (SSSR count). The lowest BCUT2D eigenvalue weighted by Gasteiger charge is -1.99. The number of amides is 1. The van der Waals surface area contributed by atoms with E-state index in [-0.39, 0.29) is 11.1 Å². The summed E-state index contributed by atoms with van der Waals surface area (Å²) in [5.74, 6) is -0.339. The van der Waals surface area contributed by atoms with Crippen molar-refractivity contribution in [3.8, 4) is 0 Å². The normalized spacial score (nSPS) is 18.0. The summed E-state index contributed by atoms with van der Waals surface area (Å²) in [6, 6.07) is 5.05. The van der Waals surface area contributed by atoms with Gasteiger partial charge in [-0.25, -0.2) is 0 Å². The monoisotopic (exact) mass is 272 g/mol. The zero-order valence-electron chi connectivity index (χ0n) is 7.91. The van der Waals surface area contributed by atoms with Gasteiger partial charge in [0.25, 0.3) is 5.91 Å². The molecule has 0 aliphatic carbocycles. The maximum absolute atomic E-state index is 11.3. The molecule has 6 heteroatoms. The summed E-state index contributed by atoms with van der Waals surface area (Å²) in [4.78, 5) is 15.4. The van der Waals surface area contributed by atoms with Gasteiger partial charge in [0.1, 0.15) is 0 Å². The second kappa shape index (κ2) is 4.49. The topological polar surface area (TPSA) is 55.4 Å². The second-order valence-electron chi connectivity index (χ2n) is 3.03. The number of carbonyl (C=O) groups is 1. The van der Waals surface area contributed by atoms with Crippen molar-refractivity contribution in [2.75, 3.05) is 0 Å². The summed E-state index contributed by atoms with van der Waals surface area (Å²) in [5, 5.41) is 1.29. The molecule has 0 spiro atoms. The largest absolute Gasteiger partial charge is 0.378 e. The first-order valence-electron chi connectivity index (χ1n) is 4.29. The first kappa shape index (κ1) is 11.5. The first-order valence-corrected chi connectivity index (χ1v) is 5.86. The average Bonchev–Trinajstić information content (AvgIpc) is 2.50. The maximum Gasteiger partial charge on any atom is 0.286 e. The zero-order chi connectivity index (χ0) is 11.7. The van der Waals surface area contributed by atoms with Crippen molar-refractivity contribution in [1.82, 2.24) is 0 Å². The van der Waals surface area contributed by atoms with Gasteiger partial charge in [-0.1, -0.05) is 29.3 Å². The van der Waals surface area contributed by atoms with Crippen LogP contribution in [0.4, 0.5) is 0 Å². The van der Waals surface area contributed by atoms with E-state index in [0.29, 0.717) is 20.5 Å². The Morgan fingerprint density at radius 3 is 2.69 bits per heavy atom. The third-order valence-electron chi connectivity index (χ3n) is 1.89. The highest BCUT2D eigenvalue weighted by atomic mass is 35.5. The SMILES string of the molecule is NC1=NC(=O)C(=Cc2ccc(Cl)cc2Cl)S1. The van der Waals surface area contributed by atoms with Gasteiger partial charge in [-0.3, -0.25) is 4.79 Å². The number of amidine groups is 1. The highest BCUT2D eigenvalue weighted by molar-refractivity contribution is 8.18. The van der Waals surface area contributed by atoms with Crippen molar-refractivity contribution in [3.05, 3.63) is 38.7 Å². The number of nitrogens with two attached hydrogens (primary N) is 1. The standard InChI is InChI=1S/C10H6Cl2N2OS/c11-6-2-1-5(7(12)4-6)3-8-9(15)14-10(13)16-8/h1-4H,(H2,13,14,15). The number of hydrogen-bond donors (Lipinski definition) is 1. The molecule has 0 radical (unpaired) electrons. The van der Waals surface area contributed by atoms with Crippen LogP contribution in [-0.4, -0.2) is 11.1 Å². The maximum atomic E-state index is 11.3. The van der Waals surface area contributed by atoms with Crippen LogP contribution in [0, 0.1) is 0 Å². The van der Waals surface area contributed by atoms with Crippen molar-refractivity contribution in [3.63, 3.8) is 0 Å². The summed E-state index contributed by atoms with van der Waals surface area (Å²) in [6.45, 7) is 0. The Morgan fingerprint density at radius 1 is 1.38 bits per heavy atom. The number of halogens is 2. The van der Waals surface area contributed by atoms with Gasteiger partial charge in [0.15, 0.2) is 5.17 Å². The van der Waals surface area contributed by atoms with Crippen molar-refractivity contribution in [1.29, 1.82) is 0 Å². The molecule has 0 aromatic heterocycles. The summed E-state index contributed by atoms with van der Waals surface area (Å²) in [6.07, 6.45) is 1.65. The lowest BCUT2D eigenvalue weighted by molar-refractivity contribution is -0.113. The summed E-state index contributed by atoms with van der Waals surface area (Å²) >= 11 is 12.9. The number of hydrogen-bond acceptors (Lipinski definition) is 3. The number of rotatable bonds is 1. The van der Waals surface area contributed by atoms with E-state index in [1.807, 2.05) is 0 Å². The fourth-order valence-corrected chi connectivity index (χ4v) is 2.32. The number of benzene rings is 1. The van der Waals surface area contributed by atoms with Crippen LogP contribution in [0.5, 0.6) is 0 Å². The van der Waals surface area contributed by atoms with Gasteiger partial charge in [0, 0.05) is 10.0 Å². The molecule has 1 aromatic rings. The Hall–Kier alpha value is -0.970. The molecule has 1 aromatic carbocycles. The van der Waals surface area contributed by atoms with Gasteiger partial charge in [-0.15, -0.1) is 0 Å². The highest BCUT2D eigenvalue weighted by Crippen LogP contribution is 2.29. The van der Waals surface area contributed by atoms with E-state index in [1.165, 1.54) is 0 Å².